The molecule has 116 valence electrons. The van der Waals surface area contributed by atoms with E-state index < -0.39 is 0 Å². The van der Waals surface area contributed by atoms with E-state index in [0.717, 1.165) is 40.1 Å². The van der Waals surface area contributed by atoms with E-state index in [-0.39, 0.29) is 18.7 Å². The van der Waals surface area contributed by atoms with Gasteiger partial charge in [-0.15, -0.1) is 11.8 Å². The second-order valence-electron chi connectivity index (χ2n) is 4.87. The van der Waals surface area contributed by atoms with Gasteiger partial charge in [0, 0.05) is 16.3 Å². The summed E-state index contributed by atoms with van der Waals surface area (Å²) in [7, 11) is 0. The first kappa shape index (κ1) is 16.5. The van der Waals surface area contributed by atoms with Gasteiger partial charge in [0.15, 0.2) is 11.5 Å². The number of rotatable bonds is 7. The van der Waals surface area contributed by atoms with E-state index in [1.165, 1.54) is 0 Å². The first-order chi connectivity index (χ1) is 10.1. The number of carbonyl (C=O) groups excluding carboxylic acids is 1. The number of carbonyl (C=O) groups is 1. The Morgan fingerprint density at radius 1 is 1.33 bits per heavy atom. The fourth-order valence-electron chi connectivity index (χ4n) is 2.09. The fraction of sp³-hybridized carbons (Fsp3) is 0.533. The number of nitrogens with one attached hydrogen (secondary N) is 1. The molecule has 1 amide bonds. The molecule has 0 saturated heterocycles. The smallest absolute Gasteiger partial charge is 0.231 e. The van der Waals surface area contributed by atoms with Crippen molar-refractivity contribution in [2.75, 3.05) is 12.5 Å². The Kier molecular flexibility index (Phi) is 6.23. The molecule has 1 heterocycles. The van der Waals surface area contributed by atoms with Gasteiger partial charge in [-0.1, -0.05) is 29.8 Å². The van der Waals surface area contributed by atoms with E-state index in [0.29, 0.717) is 5.75 Å². The van der Waals surface area contributed by atoms with Crippen molar-refractivity contribution in [1.82, 2.24) is 5.32 Å². The van der Waals surface area contributed by atoms with Crippen molar-refractivity contribution in [1.29, 1.82) is 0 Å². The second kappa shape index (κ2) is 7.94. The van der Waals surface area contributed by atoms with Crippen molar-refractivity contribution >= 4 is 33.6 Å². The maximum Gasteiger partial charge on any atom is 0.231 e. The highest BCUT2D eigenvalue weighted by Gasteiger charge is 2.16. The highest BCUT2D eigenvalue weighted by molar-refractivity contribution is 9.10. The van der Waals surface area contributed by atoms with Crippen LogP contribution in [0.25, 0.3) is 0 Å². The molecular formula is C15H20BrNO3S. The lowest BCUT2D eigenvalue weighted by molar-refractivity contribution is -0.119. The summed E-state index contributed by atoms with van der Waals surface area (Å²) in [6.07, 6.45) is 1.95. The van der Waals surface area contributed by atoms with Crippen LogP contribution in [0.4, 0.5) is 0 Å². The third-order valence-electron chi connectivity index (χ3n) is 3.38. The van der Waals surface area contributed by atoms with E-state index in [4.69, 9.17) is 9.47 Å². The molecule has 0 bridgehead atoms. The Bertz CT molecular complexity index is 506. The lowest BCUT2D eigenvalue weighted by Gasteiger charge is -2.14. The number of halogens is 1. The molecule has 4 nitrogen and oxygen atoms in total. The molecular weight excluding hydrogens is 354 g/mol. The minimum absolute atomic E-state index is 0.102. The highest BCUT2D eigenvalue weighted by atomic mass is 79.9. The number of amides is 1. The predicted molar refractivity (Wildman–Crippen MR) is 88.9 cm³/mol. The lowest BCUT2D eigenvalue weighted by Crippen LogP contribution is -2.35. The first-order valence-corrected chi connectivity index (χ1v) is 9.03. The molecule has 1 aliphatic rings. The van der Waals surface area contributed by atoms with Crippen LogP contribution in [0.2, 0.25) is 0 Å². The normalized spacial score (nSPS) is 12.8. The monoisotopic (exact) mass is 373 g/mol. The maximum atomic E-state index is 11.8. The molecule has 2 rings (SSSR count). The maximum absolute atomic E-state index is 11.8. The van der Waals surface area contributed by atoms with Crippen LogP contribution in [0, 0.1) is 0 Å². The third kappa shape index (κ3) is 4.54. The van der Waals surface area contributed by atoms with Crippen molar-refractivity contribution in [2.45, 2.75) is 38.5 Å². The van der Waals surface area contributed by atoms with Crippen LogP contribution < -0.4 is 14.8 Å². The average Bonchev–Trinajstić information content (AvgIpc) is 2.92. The number of fused-ring (bicyclic) bond motifs is 1. The zero-order chi connectivity index (χ0) is 15.2. The van der Waals surface area contributed by atoms with Gasteiger partial charge in [-0.2, -0.15) is 0 Å². The Morgan fingerprint density at radius 3 is 2.67 bits per heavy atom. The zero-order valence-corrected chi connectivity index (χ0v) is 14.7. The van der Waals surface area contributed by atoms with Crippen LogP contribution >= 0.6 is 27.7 Å². The van der Waals surface area contributed by atoms with Crippen LogP contribution in [0.1, 0.15) is 32.3 Å². The van der Waals surface area contributed by atoms with Crippen molar-refractivity contribution in [2.24, 2.45) is 0 Å². The van der Waals surface area contributed by atoms with E-state index in [1.54, 1.807) is 11.8 Å². The highest BCUT2D eigenvalue weighted by Crippen LogP contribution is 2.38. The molecule has 0 radical (unpaired) electrons. The van der Waals surface area contributed by atoms with E-state index in [1.807, 2.05) is 12.1 Å². The summed E-state index contributed by atoms with van der Waals surface area (Å²) < 4.78 is 11.7. The van der Waals surface area contributed by atoms with E-state index >= 15 is 0 Å². The number of benzene rings is 1. The van der Waals surface area contributed by atoms with Crippen LogP contribution in [0.15, 0.2) is 16.6 Å². The topological polar surface area (TPSA) is 47.6 Å². The fourth-order valence-corrected chi connectivity index (χ4v) is 3.56. The molecule has 0 aromatic heterocycles. The SMILES string of the molecule is CCC(CC)NC(=O)CSCc1cc2c(cc1Br)OCO2. The standard InChI is InChI=1S/C15H20BrNO3S/c1-3-11(4-2)17-15(18)8-21-7-10-5-13-14(6-12(10)16)20-9-19-13/h5-6,11H,3-4,7-9H2,1-2H3,(H,17,18). The van der Waals surface area contributed by atoms with Crippen LogP contribution in [0.3, 0.4) is 0 Å². The molecule has 6 heteroatoms. The Morgan fingerprint density at radius 2 is 2.00 bits per heavy atom. The molecule has 0 saturated carbocycles. The van der Waals surface area contributed by atoms with Crippen molar-refractivity contribution < 1.29 is 14.3 Å². The average molecular weight is 374 g/mol. The van der Waals surface area contributed by atoms with Gasteiger partial charge < -0.3 is 14.8 Å². The number of hydrogen-bond donors (Lipinski definition) is 1. The second-order valence-corrected chi connectivity index (χ2v) is 6.71. The summed E-state index contributed by atoms with van der Waals surface area (Å²) >= 11 is 5.13. The molecule has 1 N–H and O–H groups in total. The predicted octanol–water partition coefficient (Wildman–Crippen LogP) is 3.72. The van der Waals surface area contributed by atoms with Crippen LogP contribution in [-0.4, -0.2) is 24.5 Å². The molecule has 0 spiro atoms. The van der Waals surface area contributed by atoms with Gasteiger partial charge in [-0.05, 0) is 30.5 Å². The van der Waals surface area contributed by atoms with Crippen LogP contribution in [-0.2, 0) is 10.5 Å². The van der Waals surface area contributed by atoms with Gasteiger partial charge in [-0.25, -0.2) is 0 Å². The molecule has 0 fully saturated rings. The minimum atomic E-state index is 0.102. The van der Waals surface area contributed by atoms with Gasteiger partial charge in [0.25, 0.3) is 0 Å². The lowest BCUT2D eigenvalue weighted by atomic mass is 10.2. The van der Waals surface area contributed by atoms with E-state index in [9.17, 15) is 4.79 Å². The largest absolute Gasteiger partial charge is 0.454 e. The molecule has 21 heavy (non-hydrogen) atoms. The molecule has 0 aliphatic carbocycles. The van der Waals surface area contributed by atoms with Crippen molar-refractivity contribution in [3.63, 3.8) is 0 Å². The summed E-state index contributed by atoms with van der Waals surface area (Å²) in [5.41, 5.74) is 1.11. The number of hydrogen-bond acceptors (Lipinski definition) is 4. The van der Waals surface area contributed by atoms with Crippen LogP contribution in [0.5, 0.6) is 11.5 Å². The van der Waals surface area contributed by atoms with Gasteiger partial charge in [0.2, 0.25) is 12.7 Å². The summed E-state index contributed by atoms with van der Waals surface area (Å²) in [5.74, 6) is 2.87. The van der Waals surface area contributed by atoms with Crippen molar-refractivity contribution in [3.05, 3.63) is 22.2 Å². The van der Waals surface area contributed by atoms with E-state index in [2.05, 4.69) is 35.1 Å². The molecule has 0 atom stereocenters. The Balaban J connectivity index is 1.82. The first-order valence-electron chi connectivity index (χ1n) is 7.09. The quantitative estimate of drug-likeness (QED) is 0.790. The number of ether oxygens (including phenoxy) is 2. The molecule has 0 unspecified atom stereocenters. The van der Waals surface area contributed by atoms with Gasteiger partial charge in [0.1, 0.15) is 0 Å². The summed E-state index contributed by atoms with van der Waals surface area (Å²) in [6.45, 7) is 4.45. The summed E-state index contributed by atoms with van der Waals surface area (Å²) in [4.78, 5) is 11.8. The Hall–Kier alpha value is -0.880. The molecule has 1 aromatic rings. The third-order valence-corrected chi connectivity index (χ3v) is 5.10. The number of thioether (sulfide) groups is 1. The summed E-state index contributed by atoms with van der Waals surface area (Å²) in [5, 5.41) is 3.04. The molecule has 1 aromatic carbocycles. The minimum Gasteiger partial charge on any atom is -0.454 e. The van der Waals surface area contributed by atoms with Gasteiger partial charge in [-0.3, -0.25) is 4.79 Å². The van der Waals surface area contributed by atoms with Gasteiger partial charge >= 0.3 is 0 Å². The summed E-state index contributed by atoms with van der Waals surface area (Å²) in [6, 6.07) is 4.18. The molecule has 1 aliphatic heterocycles. The zero-order valence-electron chi connectivity index (χ0n) is 12.3. The van der Waals surface area contributed by atoms with Gasteiger partial charge in [0.05, 0.1) is 5.75 Å². The Labute approximate surface area is 138 Å². The van der Waals surface area contributed by atoms with Crippen molar-refractivity contribution in [3.8, 4) is 11.5 Å².